The van der Waals surface area contributed by atoms with Gasteiger partial charge in [0.05, 0.1) is 12.8 Å². The second kappa shape index (κ2) is 7.59. The molecule has 0 spiro atoms. The van der Waals surface area contributed by atoms with Crippen LogP contribution in [0.4, 0.5) is 0 Å². The monoisotopic (exact) mass is 342 g/mol. The lowest BCUT2D eigenvalue weighted by Gasteiger charge is -2.22. The van der Waals surface area contributed by atoms with Gasteiger partial charge in [-0.25, -0.2) is 0 Å². The summed E-state index contributed by atoms with van der Waals surface area (Å²) in [7, 11) is 3.91. The first-order valence-corrected chi connectivity index (χ1v) is 8.78. The third-order valence-corrected chi connectivity index (χ3v) is 4.70. The van der Waals surface area contributed by atoms with Gasteiger partial charge in [-0.3, -0.25) is 9.59 Å². The minimum atomic E-state index is 0.142. The Morgan fingerprint density at radius 1 is 0.800 bits per heavy atom. The summed E-state index contributed by atoms with van der Waals surface area (Å²) < 4.78 is 3.91. The highest BCUT2D eigenvalue weighted by Crippen LogP contribution is 2.10. The first kappa shape index (κ1) is 17.3. The van der Waals surface area contributed by atoms with Crippen molar-refractivity contribution < 1.29 is 9.59 Å². The van der Waals surface area contributed by atoms with E-state index in [0.717, 1.165) is 30.6 Å². The molecule has 2 aromatic heterocycles. The van der Waals surface area contributed by atoms with E-state index >= 15 is 0 Å². The SMILES string of the molecule is Cn1ccc(CC(=O)N2CCCN(C(=O)Cc3ccn(C)c3)CC2)c1. The topological polar surface area (TPSA) is 50.5 Å². The fourth-order valence-corrected chi connectivity index (χ4v) is 3.32. The summed E-state index contributed by atoms with van der Waals surface area (Å²) >= 11 is 0. The third-order valence-electron chi connectivity index (χ3n) is 4.70. The summed E-state index contributed by atoms with van der Waals surface area (Å²) in [6.45, 7) is 2.68. The number of aryl methyl sites for hydroxylation is 2. The maximum Gasteiger partial charge on any atom is 0.227 e. The van der Waals surface area contributed by atoms with Crippen molar-refractivity contribution >= 4 is 11.8 Å². The Bertz CT molecular complexity index is 684. The van der Waals surface area contributed by atoms with Crippen molar-refractivity contribution in [3.63, 3.8) is 0 Å². The molecule has 0 saturated carbocycles. The van der Waals surface area contributed by atoms with E-state index in [2.05, 4.69) is 0 Å². The zero-order valence-electron chi connectivity index (χ0n) is 15.0. The average Bonchev–Trinajstić information content (AvgIpc) is 3.07. The number of hydrogen-bond donors (Lipinski definition) is 0. The van der Waals surface area contributed by atoms with Gasteiger partial charge >= 0.3 is 0 Å². The van der Waals surface area contributed by atoms with Crippen molar-refractivity contribution in [3.8, 4) is 0 Å². The number of nitrogens with zero attached hydrogens (tertiary/aromatic N) is 4. The first-order valence-electron chi connectivity index (χ1n) is 8.78. The number of amides is 2. The molecule has 1 fully saturated rings. The van der Waals surface area contributed by atoms with Crippen LogP contribution >= 0.6 is 0 Å². The maximum atomic E-state index is 12.5. The van der Waals surface area contributed by atoms with Crippen LogP contribution in [0.2, 0.25) is 0 Å². The Balaban J connectivity index is 1.52. The summed E-state index contributed by atoms with van der Waals surface area (Å²) in [5.74, 6) is 0.284. The van der Waals surface area contributed by atoms with Crippen LogP contribution in [0.25, 0.3) is 0 Å². The molecule has 1 aliphatic heterocycles. The Morgan fingerprint density at radius 2 is 1.24 bits per heavy atom. The molecule has 0 N–H and O–H groups in total. The Morgan fingerprint density at radius 3 is 1.60 bits per heavy atom. The molecule has 0 aromatic carbocycles. The number of carbonyl (C=O) groups is 2. The predicted molar refractivity (Wildman–Crippen MR) is 96.0 cm³/mol. The molecule has 1 aliphatic rings. The fraction of sp³-hybridized carbons (Fsp3) is 0.474. The van der Waals surface area contributed by atoms with Crippen molar-refractivity contribution in [2.24, 2.45) is 14.1 Å². The molecule has 1 saturated heterocycles. The van der Waals surface area contributed by atoms with Crippen LogP contribution in [-0.4, -0.2) is 56.9 Å². The largest absolute Gasteiger partial charge is 0.357 e. The minimum Gasteiger partial charge on any atom is -0.357 e. The lowest BCUT2D eigenvalue weighted by molar-refractivity contribution is -0.132. The number of hydrogen-bond acceptors (Lipinski definition) is 2. The number of aromatic nitrogens is 2. The molecular formula is C19H26N4O2. The highest BCUT2D eigenvalue weighted by molar-refractivity contribution is 5.80. The maximum absolute atomic E-state index is 12.5. The zero-order valence-corrected chi connectivity index (χ0v) is 15.0. The van der Waals surface area contributed by atoms with Crippen LogP contribution in [0.15, 0.2) is 36.9 Å². The molecule has 3 heterocycles. The summed E-state index contributed by atoms with van der Waals surface area (Å²) in [6.07, 6.45) is 9.56. The Kier molecular flexibility index (Phi) is 5.26. The molecule has 134 valence electrons. The van der Waals surface area contributed by atoms with Gasteiger partial charge in [-0.05, 0) is 29.7 Å². The second-order valence-corrected chi connectivity index (χ2v) is 6.84. The van der Waals surface area contributed by atoms with Crippen LogP contribution < -0.4 is 0 Å². The van der Waals surface area contributed by atoms with Crippen molar-refractivity contribution in [2.45, 2.75) is 19.3 Å². The van der Waals surface area contributed by atoms with Gasteiger partial charge in [0.1, 0.15) is 0 Å². The van der Waals surface area contributed by atoms with E-state index in [1.807, 2.05) is 69.9 Å². The summed E-state index contributed by atoms with van der Waals surface area (Å²) in [5, 5.41) is 0. The molecule has 0 unspecified atom stereocenters. The normalized spacial score (nSPS) is 15.3. The van der Waals surface area contributed by atoms with Gasteiger partial charge in [0.15, 0.2) is 0 Å². The van der Waals surface area contributed by atoms with Crippen LogP contribution in [-0.2, 0) is 36.5 Å². The van der Waals surface area contributed by atoms with Crippen molar-refractivity contribution in [2.75, 3.05) is 26.2 Å². The Labute approximate surface area is 148 Å². The van der Waals surface area contributed by atoms with Crippen molar-refractivity contribution in [1.82, 2.24) is 18.9 Å². The van der Waals surface area contributed by atoms with E-state index in [1.165, 1.54) is 0 Å². The van der Waals surface area contributed by atoms with Gasteiger partial charge < -0.3 is 18.9 Å². The van der Waals surface area contributed by atoms with E-state index < -0.39 is 0 Å². The van der Waals surface area contributed by atoms with Gasteiger partial charge in [-0.2, -0.15) is 0 Å². The van der Waals surface area contributed by atoms with Gasteiger partial charge in [-0.1, -0.05) is 0 Å². The van der Waals surface area contributed by atoms with Gasteiger partial charge in [0.2, 0.25) is 11.8 Å². The Hall–Kier alpha value is -2.50. The molecule has 2 aromatic rings. The highest BCUT2D eigenvalue weighted by atomic mass is 16.2. The third kappa shape index (κ3) is 4.53. The molecule has 6 nitrogen and oxygen atoms in total. The van der Waals surface area contributed by atoms with Crippen LogP contribution in [0.1, 0.15) is 17.5 Å². The van der Waals surface area contributed by atoms with Crippen molar-refractivity contribution in [3.05, 3.63) is 48.0 Å². The summed E-state index contributed by atoms with van der Waals surface area (Å²) in [5.41, 5.74) is 2.07. The molecular weight excluding hydrogens is 316 g/mol. The number of rotatable bonds is 4. The summed E-state index contributed by atoms with van der Waals surface area (Å²) in [6, 6.07) is 3.96. The van der Waals surface area contributed by atoms with E-state index in [4.69, 9.17) is 0 Å². The van der Waals surface area contributed by atoms with E-state index in [-0.39, 0.29) is 11.8 Å². The molecule has 2 amide bonds. The van der Waals surface area contributed by atoms with E-state index in [9.17, 15) is 9.59 Å². The average molecular weight is 342 g/mol. The molecule has 0 radical (unpaired) electrons. The predicted octanol–water partition coefficient (Wildman–Crippen LogP) is 1.21. The molecule has 6 heteroatoms. The quantitative estimate of drug-likeness (QED) is 0.839. The molecule has 25 heavy (non-hydrogen) atoms. The lowest BCUT2D eigenvalue weighted by Crippen LogP contribution is -2.38. The summed E-state index contributed by atoms with van der Waals surface area (Å²) in [4.78, 5) is 28.8. The fourth-order valence-electron chi connectivity index (χ4n) is 3.32. The highest BCUT2D eigenvalue weighted by Gasteiger charge is 2.22. The van der Waals surface area contributed by atoms with Crippen LogP contribution in [0, 0.1) is 0 Å². The van der Waals surface area contributed by atoms with E-state index in [1.54, 1.807) is 0 Å². The van der Waals surface area contributed by atoms with Crippen LogP contribution in [0.3, 0.4) is 0 Å². The first-order chi connectivity index (χ1) is 12.0. The molecule has 3 rings (SSSR count). The molecule has 0 aliphatic carbocycles. The van der Waals surface area contributed by atoms with Crippen LogP contribution in [0.5, 0.6) is 0 Å². The molecule has 0 bridgehead atoms. The van der Waals surface area contributed by atoms with Crippen molar-refractivity contribution in [1.29, 1.82) is 0 Å². The van der Waals surface area contributed by atoms with E-state index in [0.29, 0.717) is 25.9 Å². The van der Waals surface area contributed by atoms with Gasteiger partial charge in [0, 0.05) is 65.1 Å². The number of carbonyl (C=O) groups excluding carboxylic acids is 2. The molecule has 0 atom stereocenters. The second-order valence-electron chi connectivity index (χ2n) is 6.84. The van der Waals surface area contributed by atoms with Gasteiger partial charge in [0.25, 0.3) is 0 Å². The standard InChI is InChI=1S/C19H26N4O2/c1-20-8-4-16(14-20)12-18(24)22-6-3-7-23(11-10-22)19(25)13-17-5-9-21(2)15-17/h4-5,8-9,14-15H,3,6-7,10-13H2,1-2H3. The van der Waals surface area contributed by atoms with Gasteiger partial charge in [-0.15, -0.1) is 0 Å². The smallest absolute Gasteiger partial charge is 0.227 e. The zero-order chi connectivity index (χ0) is 17.8. The minimum absolute atomic E-state index is 0.142. The lowest BCUT2D eigenvalue weighted by atomic mass is 10.2.